The van der Waals surface area contributed by atoms with Gasteiger partial charge in [0.15, 0.2) is 0 Å². The molecule has 0 aliphatic heterocycles. The minimum atomic E-state index is -4.64. The predicted molar refractivity (Wildman–Crippen MR) is 113 cm³/mol. The number of hydrogen-bond acceptors (Lipinski definition) is 8. The topological polar surface area (TPSA) is 140 Å². The van der Waals surface area contributed by atoms with E-state index in [4.69, 9.17) is 20.1 Å². The largest absolute Gasteiger partial charge is 0.446 e. The normalized spacial score (nSPS) is 11.6. The van der Waals surface area contributed by atoms with Crippen LogP contribution in [0.2, 0.25) is 0 Å². The fraction of sp³-hybridized carbons (Fsp3) is 0.789. The SMILES string of the molecule is CON(C)C(=O)C(C)(C)N.CON(C)C(=O)C(C)(C)NC(=O)OC(C)(C)C.O=CC(F)(F)F. The average molecular weight is 491 g/mol. The van der Waals surface area contributed by atoms with Crippen molar-refractivity contribution in [3.63, 3.8) is 0 Å². The quantitative estimate of drug-likeness (QED) is 0.439. The molecule has 0 rings (SSSR count). The Labute approximate surface area is 192 Å². The molecule has 0 aromatic rings. The van der Waals surface area contributed by atoms with E-state index in [0.29, 0.717) is 0 Å². The van der Waals surface area contributed by atoms with Gasteiger partial charge in [0.2, 0.25) is 6.29 Å². The van der Waals surface area contributed by atoms with Gasteiger partial charge >= 0.3 is 12.3 Å². The highest BCUT2D eigenvalue weighted by molar-refractivity contribution is 5.88. The number of carbonyl (C=O) groups excluding carboxylic acids is 4. The van der Waals surface area contributed by atoms with Crippen LogP contribution in [0.5, 0.6) is 0 Å². The highest BCUT2D eigenvalue weighted by atomic mass is 19.4. The molecule has 3 N–H and O–H groups in total. The Balaban J connectivity index is -0.000000473. The average Bonchev–Trinajstić information content (AvgIpc) is 2.63. The lowest BCUT2D eigenvalue weighted by molar-refractivity contribution is -0.174. The summed E-state index contributed by atoms with van der Waals surface area (Å²) in [7, 11) is 5.79. The van der Waals surface area contributed by atoms with E-state index in [-0.39, 0.29) is 11.8 Å². The molecule has 14 heteroatoms. The fourth-order valence-corrected chi connectivity index (χ4v) is 1.58. The summed E-state index contributed by atoms with van der Waals surface area (Å²) in [5.74, 6) is -0.610. The highest BCUT2D eigenvalue weighted by Crippen LogP contribution is 2.11. The monoisotopic (exact) mass is 490 g/mol. The number of nitrogens with two attached hydrogens (primary N) is 1. The van der Waals surface area contributed by atoms with Crippen molar-refractivity contribution in [3.05, 3.63) is 0 Å². The smallest absolute Gasteiger partial charge is 0.444 e. The number of rotatable bonds is 5. The molecule has 0 aromatic carbocycles. The molecule has 0 unspecified atom stereocenters. The van der Waals surface area contributed by atoms with E-state index in [1.807, 2.05) is 0 Å². The second-order valence-electron chi connectivity index (χ2n) is 8.60. The molecule has 0 saturated heterocycles. The van der Waals surface area contributed by atoms with Gasteiger partial charge in [-0.25, -0.2) is 14.9 Å². The maximum absolute atomic E-state index is 11.8. The molecule has 3 amide bonds. The van der Waals surface area contributed by atoms with E-state index in [2.05, 4.69) is 10.2 Å². The van der Waals surface area contributed by atoms with Crippen LogP contribution in [0.3, 0.4) is 0 Å². The van der Waals surface area contributed by atoms with Gasteiger partial charge in [0.1, 0.15) is 11.1 Å². The van der Waals surface area contributed by atoms with Crippen molar-refractivity contribution in [3.8, 4) is 0 Å². The zero-order chi connectivity index (χ0) is 27.4. The molecule has 33 heavy (non-hydrogen) atoms. The lowest BCUT2D eigenvalue weighted by atomic mass is 10.1. The standard InChI is InChI=1S/C11H22N2O4.C6H14N2O2.C2HF3O/c1-10(2,3)17-9(15)12-11(4,5)8(14)13(6)16-7;1-6(2,7)5(9)8(3)10-4;3-2(4,5)1-6/h1-7H3,(H,12,15);7H2,1-4H3;1H. The van der Waals surface area contributed by atoms with Gasteiger partial charge in [0.25, 0.3) is 11.8 Å². The van der Waals surface area contributed by atoms with E-state index in [1.165, 1.54) is 28.3 Å². The van der Waals surface area contributed by atoms with Gasteiger partial charge < -0.3 is 15.8 Å². The Kier molecular flexibility index (Phi) is 14.9. The first-order valence-corrected chi connectivity index (χ1v) is 9.42. The number of nitrogens with zero attached hydrogens (tertiary/aromatic N) is 2. The maximum Gasteiger partial charge on any atom is 0.446 e. The molecule has 196 valence electrons. The van der Waals surface area contributed by atoms with Crippen molar-refractivity contribution < 1.29 is 46.8 Å². The molecule has 0 saturated carbocycles. The van der Waals surface area contributed by atoms with Crippen LogP contribution in [0.25, 0.3) is 0 Å². The van der Waals surface area contributed by atoms with E-state index >= 15 is 0 Å². The van der Waals surface area contributed by atoms with Crippen molar-refractivity contribution in [2.45, 2.75) is 71.3 Å². The van der Waals surface area contributed by atoms with Gasteiger partial charge in [0.05, 0.1) is 19.8 Å². The van der Waals surface area contributed by atoms with Gasteiger partial charge in [-0.3, -0.25) is 24.1 Å². The second-order valence-corrected chi connectivity index (χ2v) is 8.60. The number of ether oxygens (including phenoxy) is 1. The number of hydrogen-bond donors (Lipinski definition) is 2. The summed E-state index contributed by atoms with van der Waals surface area (Å²) in [6.07, 6.45) is -6.34. The van der Waals surface area contributed by atoms with Crippen LogP contribution in [0.4, 0.5) is 18.0 Å². The van der Waals surface area contributed by atoms with Gasteiger partial charge in [0, 0.05) is 14.1 Å². The molecule has 11 nitrogen and oxygen atoms in total. The third-order valence-electron chi connectivity index (χ3n) is 3.15. The van der Waals surface area contributed by atoms with Crippen LogP contribution < -0.4 is 11.1 Å². The number of likely N-dealkylation sites (N-methyl/N-ethyl adjacent to an activating group) is 2. The van der Waals surface area contributed by atoms with E-state index in [0.717, 1.165) is 10.1 Å². The Morgan fingerprint density at radius 1 is 0.848 bits per heavy atom. The number of hydroxylamine groups is 4. The molecule has 0 spiro atoms. The molecule has 0 fully saturated rings. The van der Waals surface area contributed by atoms with E-state index < -0.39 is 35.2 Å². The van der Waals surface area contributed by atoms with Crippen LogP contribution in [-0.2, 0) is 28.8 Å². The number of nitrogens with one attached hydrogen (secondary N) is 1. The molecule has 0 radical (unpaired) electrons. The first-order valence-electron chi connectivity index (χ1n) is 9.42. The Morgan fingerprint density at radius 3 is 1.39 bits per heavy atom. The first kappa shape index (κ1) is 35.1. The number of amides is 3. The molecule has 0 heterocycles. The Hall–Kier alpha value is -2.45. The Morgan fingerprint density at radius 2 is 1.18 bits per heavy atom. The minimum absolute atomic E-state index is 0.241. The van der Waals surface area contributed by atoms with Crippen LogP contribution in [0.1, 0.15) is 48.5 Å². The highest BCUT2D eigenvalue weighted by Gasteiger charge is 2.34. The molecule has 0 atom stereocenters. The van der Waals surface area contributed by atoms with Gasteiger partial charge in [-0.2, -0.15) is 13.2 Å². The summed E-state index contributed by atoms with van der Waals surface area (Å²) >= 11 is 0. The van der Waals surface area contributed by atoms with E-state index in [1.54, 1.807) is 48.5 Å². The molecule has 0 aliphatic carbocycles. The molecular formula is C19H37F3N4O7. The van der Waals surface area contributed by atoms with Crippen molar-refractivity contribution in [1.82, 2.24) is 15.4 Å². The van der Waals surface area contributed by atoms with Crippen molar-refractivity contribution in [2.75, 3.05) is 28.3 Å². The van der Waals surface area contributed by atoms with Gasteiger partial charge in [-0.05, 0) is 48.5 Å². The van der Waals surface area contributed by atoms with Crippen molar-refractivity contribution in [2.24, 2.45) is 5.73 Å². The van der Waals surface area contributed by atoms with Crippen molar-refractivity contribution in [1.29, 1.82) is 0 Å². The van der Waals surface area contributed by atoms with E-state index in [9.17, 15) is 27.6 Å². The molecule has 0 aromatic heterocycles. The van der Waals surface area contributed by atoms with Crippen LogP contribution in [0.15, 0.2) is 0 Å². The predicted octanol–water partition coefficient (Wildman–Crippen LogP) is 1.80. The fourth-order valence-electron chi connectivity index (χ4n) is 1.58. The summed E-state index contributed by atoms with van der Waals surface area (Å²) in [6.45, 7) is 11.7. The number of halogens is 3. The maximum atomic E-state index is 11.8. The summed E-state index contributed by atoms with van der Waals surface area (Å²) in [4.78, 5) is 52.6. The van der Waals surface area contributed by atoms with Gasteiger partial charge in [-0.1, -0.05) is 0 Å². The van der Waals surface area contributed by atoms with Crippen LogP contribution in [0, 0.1) is 0 Å². The summed E-state index contributed by atoms with van der Waals surface area (Å²) < 4.78 is 36.3. The zero-order valence-electron chi connectivity index (χ0n) is 21.0. The van der Waals surface area contributed by atoms with Gasteiger partial charge in [-0.15, -0.1) is 0 Å². The lowest BCUT2D eigenvalue weighted by Crippen LogP contribution is -2.55. The first-order chi connectivity index (χ1) is 14.4. The number of carbonyl (C=O) groups is 4. The second kappa shape index (κ2) is 14.0. The third-order valence-corrected chi connectivity index (χ3v) is 3.15. The lowest BCUT2D eigenvalue weighted by Gasteiger charge is -2.30. The zero-order valence-corrected chi connectivity index (χ0v) is 21.0. The number of alkyl carbamates (subject to hydrolysis) is 1. The number of aldehydes is 1. The summed E-state index contributed by atoms with van der Waals surface area (Å²) in [5, 5.41) is 4.66. The summed E-state index contributed by atoms with van der Waals surface area (Å²) in [6, 6.07) is 0. The third kappa shape index (κ3) is 18.8. The van der Waals surface area contributed by atoms with Crippen LogP contribution >= 0.6 is 0 Å². The molecule has 0 bridgehead atoms. The molecular weight excluding hydrogens is 453 g/mol. The minimum Gasteiger partial charge on any atom is -0.444 e. The van der Waals surface area contributed by atoms with Crippen LogP contribution in [-0.4, -0.2) is 85.5 Å². The Bertz CT molecular complexity index is 643. The van der Waals surface area contributed by atoms with Crippen molar-refractivity contribution >= 4 is 24.2 Å². The molecule has 0 aliphatic rings. The number of alkyl halides is 3. The summed E-state index contributed by atoms with van der Waals surface area (Å²) in [5.41, 5.74) is 2.94.